The van der Waals surface area contributed by atoms with E-state index in [-0.39, 0.29) is 11.8 Å². The van der Waals surface area contributed by atoms with Gasteiger partial charge in [-0.2, -0.15) is 0 Å². The molecule has 0 heterocycles. The van der Waals surface area contributed by atoms with Crippen molar-refractivity contribution in [2.75, 3.05) is 13.1 Å². The highest BCUT2D eigenvalue weighted by molar-refractivity contribution is 6.00. The van der Waals surface area contributed by atoms with Crippen LogP contribution < -0.4 is 10.6 Å². The monoisotopic (exact) mass is 761 g/mol. The number of nitrogens with one attached hydrogen (secondary N) is 2. The number of carbonyl (C=O) groups excluding carboxylic acids is 2. The lowest BCUT2D eigenvalue weighted by Crippen LogP contribution is -2.42. The first-order chi connectivity index (χ1) is 26.7. The van der Waals surface area contributed by atoms with E-state index < -0.39 is 5.92 Å². The van der Waals surface area contributed by atoms with Crippen molar-refractivity contribution in [3.8, 4) is 0 Å². The van der Waals surface area contributed by atoms with E-state index >= 15 is 0 Å². The molecule has 0 aromatic rings. The van der Waals surface area contributed by atoms with Crippen molar-refractivity contribution < 1.29 is 9.59 Å². The molecule has 4 nitrogen and oxygen atoms in total. The van der Waals surface area contributed by atoms with Gasteiger partial charge in [0.1, 0.15) is 5.92 Å². The average Bonchev–Trinajstić information content (AvgIpc) is 3.17. The molecular weight excluding hydrogens is 661 g/mol. The first-order valence-electron chi connectivity index (χ1n) is 25.2. The number of amides is 2. The number of hydrogen-bond acceptors (Lipinski definition) is 2. The summed E-state index contributed by atoms with van der Waals surface area (Å²) in [5.74, 6) is -0.614. The summed E-state index contributed by atoms with van der Waals surface area (Å²) < 4.78 is 0. The van der Waals surface area contributed by atoms with Gasteiger partial charge in [0, 0.05) is 13.1 Å². The van der Waals surface area contributed by atoms with Gasteiger partial charge in [-0.25, -0.2) is 0 Å². The lowest BCUT2D eigenvalue weighted by atomic mass is 9.97. The Kier molecular flexibility index (Phi) is 45.4. The van der Waals surface area contributed by atoms with Crippen LogP contribution in [0.2, 0.25) is 0 Å². The summed E-state index contributed by atoms with van der Waals surface area (Å²) in [6.07, 6.45) is 55.3. The predicted molar refractivity (Wildman–Crippen MR) is 240 cm³/mol. The van der Waals surface area contributed by atoms with Gasteiger partial charge in [-0.05, 0) is 19.3 Å². The van der Waals surface area contributed by atoms with Crippen LogP contribution in [0.1, 0.15) is 290 Å². The molecule has 0 aliphatic rings. The molecular formula is C50H100N2O2. The zero-order valence-corrected chi connectivity index (χ0v) is 37.5. The molecule has 0 spiro atoms. The van der Waals surface area contributed by atoms with Crippen molar-refractivity contribution in [3.63, 3.8) is 0 Å². The van der Waals surface area contributed by atoms with Crippen molar-refractivity contribution in [1.82, 2.24) is 10.6 Å². The summed E-state index contributed by atoms with van der Waals surface area (Å²) in [7, 11) is 0. The van der Waals surface area contributed by atoms with E-state index in [0.717, 1.165) is 25.7 Å². The van der Waals surface area contributed by atoms with Gasteiger partial charge in [0.25, 0.3) is 0 Å². The summed E-state index contributed by atoms with van der Waals surface area (Å²) in [5, 5.41) is 6.30. The normalized spacial score (nSPS) is 11.5. The first-order valence-corrected chi connectivity index (χ1v) is 25.2. The van der Waals surface area contributed by atoms with Crippen molar-refractivity contribution in [2.45, 2.75) is 290 Å². The minimum absolute atomic E-state index is 0.0417. The fourth-order valence-corrected chi connectivity index (χ4v) is 8.06. The summed E-state index contributed by atoms with van der Waals surface area (Å²) in [6, 6.07) is 0. The zero-order valence-electron chi connectivity index (χ0n) is 37.5. The Bertz CT molecular complexity index is 690. The van der Waals surface area contributed by atoms with Crippen molar-refractivity contribution in [3.05, 3.63) is 0 Å². The SMILES string of the molecule is CCCCCCCCCCCCCCCCCCNC(=O)C(CCCCCCCCCCC)C(=O)NCCCCCCCCCCCCCCCCCC. The van der Waals surface area contributed by atoms with E-state index in [4.69, 9.17) is 0 Å². The van der Waals surface area contributed by atoms with Gasteiger partial charge in [-0.1, -0.05) is 271 Å². The van der Waals surface area contributed by atoms with Gasteiger partial charge in [0.2, 0.25) is 11.8 Å². The summed E-state index contributed by atoms with van der Waals surface area (Å²) in [5.41, 5.74) is 0. The number of hydrogen-bond donors (Lipinski definition) is 2. The van der Waals surface area contributed by atoms with Crippen LogP contribution in [0.4, 0.5) is 0 Å². The van der Waals surface area contributed by atoms with Crippen molar-refractivity contribution in [1.29, 1.82) is 0 Å². The van der Waals surface area contributed by atoms with E-state index in [0.29, 0.717) is 19.5 Å². The molecule has 0 aromatic heterocycles. The Balaban J connectivity index is 4.08. The highest BCUT2D eigenvalue weighted by Gasteiger charge is 2.25. The topological polar surface area (TPSA) is 58.2 Å². The molecule has 54 heavy (non-hydrogen) atoms. The first kappa shape index (κ1) is 52.9. The van der Waals surface area contributed by atoms with E-state index in [1.807, 2.05) is 0 Å². The van der Waals surface area contributed by atoms with Gasteiger partial charge in [-0.15, -0.1) is 0 Å². The second-order valence-electron chi connectivity index (χ2n) is 17.4. The van der Waals surface area contributed by atoms with Crippen LogP contribution >= 0.6 is 0 Å². The molecule has 322 valence electrons. The van der Waals surface area contributed by atoms with Gasteiger partial charge in [-0.3, -0.25) is 9.59 Å². The molecule has 0 aliphatic heterocycles. The summed E-state index contributed by atoms with van der Waals surface area (Å²) in [4.78, 5) is 26.4. The van der Waals surface area contributed by atoms with Crippen LogP contribution in [-0.2, 0) is 9.59 Å². The predicted octanol–water partition coefficient (Wildman–Crippen LogP) is 16.3. The third kappa shape index (κ3) is 40.6. The highest BCUT2D eigenvalue weighted by atomic mass is 16.2. The van der Waals surface area contributed by atoms with Gasteiger partial charge in [0.15, 0.2) is 0 Å². The van der Waals surface area contributed by atoms with Crippen molar-refractivity contribution in [2.24, 2.45) is 5.92 Å². The van der Waals surface area contributed by atoms with Crippen LogP contribution in [0.3, 0.4) is 0 Å². The molecule has 0 aromatic carbocycles. The van der Waals surface area contributed by atoms with E-state index in [9.17, 15) is 9.59 Å². The molecule has 0 unspecified atom stereocenters. The molecule has 4 heteroatoms. The maximum absolute atomic E-state index is 13.2. The van der Waals surface area contributed by atoms with E-state index in [1.54, 1.807) is 0 Å². The quantitative estimate of drug-likeness (QED) is 0.0479. The molecule has 2 amide bonds. The largest absolute Gasteiger partial charge is 0.355 e. The summed E-state index contributed by atoms with van der Waals surface area (Å²) >= 11 is 0. The van der Waals surface area contributed by atoms with Crippen LogP contribution in [0, 0.1) is 5.92 Å². The standard InChI is InChI=1S/C50H100N2O2/c1-4-7-10-13-16-19-21-23-25-27-29-31-34-37-40-43-46-51-49(53)48(45-42-39-36-33-18-15-12-9-6-3)50(54)52-47-44-41-38-35-32-30-28-26-24-22-20-17-14-11-8-5-2/h48H,4-47H2,1-3H3,(H,51,53)(H,52,54). The van der Waals surface area contributed by atoms with Gasteiger partial charge >= 0.3 is 0 Å². The fraction of sp³-hybridized carbons (Fsp3) is 0.960. The molecule has 2 N–H and O–H groups in total. The average molecular weight is 761 g/mol. The van der Waals surface area contributed by atoms with Crippen LogP contribution in [0.15, 0.2) is 0 Å². The molecule has 0 atom stereocenters. The minimum Gasteiger partial charge on any atom is -0.355 e. The number of carbonyl (C=O) groups is 2. The maximum Gasteiger partial charge on any atom is 0.232 e. The second-order valence-corrected chi connectivity index (χ2v) is 17.4. The third-order valence-corrected chi connectivity index (χ3v) is 11.9. The van der Waals surface area contributed by atoms with E-state index in [2.05, 4.69) is 31.4 Å². The number of unbranched alkanes of at least 4 members (excludes halogenated alkanes) is 38. The van der Waals surface area contributed by atoms with Gasteiger partial charge < -0.3 is 10.6 Å². The molecule has 0 fully saturated rings. The molecule has 0 bridgehead atoms. The second kappa shape index (κ2) is 46.3. The lowest BCUT2D eigenvalue weighted by molar-refractivity contribution is -0.135. The Morgan fingerprint density at radius 2 is 0.463 bits per heavy atom. The minimum atomic E-state index is -0.531. The fourth-order valence-electron chi connectivity index (χ4n) is 8.06. The van der Waals surface area contributed by atoms with E-state index in [1.165, 1.54) is 238 Å². The smallest absolute Gasteiger partial charge is 0.232 e. The molecule has 0 radical (unpaired) electrons. The summed E-state index contributed by atoms with van der Waals surface area (Å²) in [6.45, 7) is 8.26. The highest BCUT2D eigenvalue weighted by Crippen LogP contribution is 2.17. The van der Waals surface area contributed by atoms with Crippen LogP contribution in [0.5, 0.6) is 0 Å². The third-order valence-electron chi connectivity index (χ3n) is 11.9. The van der Waals surface area contributed by atoms with Crippen molar-refractivity contribution >= 4 is 11.8 Å². The number of rotatable bonds is 46. The molecule has 0 rings (SSSR count). The molecule has 0 saturated heterocycles. The maximum atomic E-state index is 13.2. The molecule has 0 saturated carbocycles. The van der Waals surface area contributed by atoms with Gasteiger partial charge in [0.05, 0.1) is 0 Å². The molecule has 0 aliphatic carbocycles. The Hall–Kier alpha value is -1.06. The zero-order chi connectivity index (χ0) is 39.3. The Labute approximate surface area is 340 Å². The Morgan fingerprint density at radius 3 is 0.685 bits per heavy atom. The lowest BCUT2D eigenvalue weighted by Gasteiger charge is -2.17. The Morgan fingerprint density at radius 1 is 0.278 bits per heavy atom. The van der Waals surface area contributed by atoms with Crippen LogP contribution in [0.25, 0.3) is 0 Å². The van der Waals surface area contributed by atoms with Crippen LogP contribution in [-0.4, -0.2) is 24.9 Å².